The van der Waals surface area contributed by atoms with E-state index in [0.717, 1.165) is 39.4 Å². The zero-order chi connectivity index (χ0) is 29.9. The second kappa shape index (κ2) is 15.2. The molecule has 0 unspecified atom stereocenters. The SMILES string of the molecule is COC(=O)CCCOc1ccc(-c2ccccc2C=Cc2nc(-c3ccc(Cl)cc3Cl)c(CCCC(=O)OC)[nH]2)cc1. The number of nitrogens with one attached hydrogen (secondary N) is 1. The van der Waals surface area contributed by atoms with Crippen LogP contribution in [0.3, 0.4) is 0 Å². The van der Waals surface area contributed by atoms with Crippen molar-refractivity contribution in [2.75, 3.05) is 20.8 Å². The number of hydrogen-bond donors (Lipinski definition) is 1. The summed E-state index contributed by atoms with van der Waals surface area (Å²) in [5, 5.41) is 1.04. The van der Waals surface area contributed by atoms with Gasteiger partial charge in [-0.3, -0.25) is 9.59 Å². The van der Waals surface area contributed by atoms with Crippen molar-refractivity contribution in [1.82, 2.24) is 9.97 Å². The summed E-state index contributed by atoms with van der Waals surface area (Å²) < 4.78 is 15.2. The Balaban J connectivity index is 1.53. The standard InChI is InChI=1S/C33H32Cl2N2O5/c1-40-31(38)10-5-9-29-33(27-18-15-24(34)21-28(27)35)37-30(36-29)19-14-22-7-3-4-8-26(22)23-12-16-25(17-13-23)42-20-6-11-32(39)41-2/h3-4,7-8,12-19,21H,5-6,9-11,20H2,1-2H3,(H,36,37). The molecule has 0 bridgehead atoms. The first kappa shape index (κ1) is 30.9. The largest absolute Gasteiger partial charge is 0.494 e. The first-order valence-corrected chi connectivity index (χ1v) is 14.3. The van der Waals surface area contributed by atoms with Crippen molar-refractivity contribution in [3.8, 4) is 28.1 Å². The number of imidazole rings is 1. The van der Waals surface area contributed by atoms with E-state index < -0.39 is 0 Å². The first-order valence-electron chi connectivity index (χ1n) is 13.6. The Labute approximate surface area is 255 Å². The molecule has 0 aliphatic heterocycles. The lowest BCUT2D eigenvalue weighted by Crippen LogP contribution is -2.04. The van der Waals surface area contributed by atoms with E-state index in [4.69, 9.17) is 37.7 Å². The molecule has 1 aromatic heterocycles. The fourth-order valence-corrected chi connectivity index (χ4v) is 4.92. The van der Waals surface area contributed by atoms with Crippen LogP contribution in [0.1, 0.15) is 42.8 Å². The van der Waals surface area contributed by atoms with Crippen molar-refractivity contribution in [2.45, 2.75) is 32.1 Å². The molecule has 0 atom stereocenters. The van der Waals surface area contributed by atoms with E-state index >= 15 is 0 Å². The highest BCUT2D eigenvalue weighted by molar-refractivity contribution is 6.36. The van der Waals surface area contributed by atoms with Crippen LogP contribution in [0.25, 0.3) is 34.5 Å². The summed E-state index contributed by atoms with van der Waals surface area (Å²) in [5.41, 5.74) is 5.46. The first-order chi connectivity index (χ1) is 20.4. The minimum atomic E-state index is -0.254. The molecule has 7 nitrogen and oxygen atoms in total. The maximum atomic E-state index is 11.7. The lowest BCUT2D eigenvalue weighted by Gasteiger charge is -2.09. The number of hydrogen-bond acceptors (Lipinski definition) is 6. The van der Waals surface area contributed by atoms with E-state index in [1.807, 2.05) is 60.7 Å². The minimum absolute atomic E-state index is 0.243. The van der Waals surface area contributed by atoms with Gasteiger partial charge in [0.05, 0.1) is 31.5 Å². The Kier molecular flexibility index (Phi) is 11.2. The number of aromatic amines is 1. The van der Waals surface area contributed by atoms with Crippen molar-refractivity contribution >= 4 is 47.3 Å². The van der Waals surface area contributed by atoms with Crippen molar-refractivity contribution in [2.24, 2.45) is 0 Å². The van der Waals surface area contributed by atoms with Gasteiger partial charge < -0.3 is 19.2 Å². The summed E-state index contributed by atoms with van der Waals surface area (Å²) in [5.74, 6) is 0.901. The number of rotatable bonds is 13. The highest BCUT2D eigenvalue weighted by Gasteiger charge is 2.15. The molecule has 0 aliphatic rings. The molecule has 0 radical (unpaired) electrons. The molecule has 218 valence electrons. The Morgan fingerprint density at radius 1 is 0.857 bits per heavy atom. The van der Waals surface area contributed by atoms with Gasteiger partial charge in [0.2, 0.25) is 0 Å². The molecule has 0 aliphatic carbocycles. The highest BCUT2D eigenvalue weighted by atomic mass is 35.5. The molecular formula is C33H32Cl2N2O5. The third-order valence-electron chi connectivity index (χ3n) is 6.59. The van der Waals surface area contributed by atoms with Gasteiger partial charge in [0.15, 0.2) is 0 Å². The topological polar surface area (TPSA) is 90.5 Å². The van der Waals surface area contributed by atoms with Gasteiger partial charge in [-0.1, -0.05) is 65.7 Å². The van der Waals surface area contributed by atoms with Gasteiger partial charge in [0.1, 0.15) is 11.6 Å². The Morgan fingerprint density at radius 2 is 1.57 bits per heavy atom. The number of carbonyl (C=O) groups excluding carboxylic acids is 2. The number of esters is 2. The number of aromatic nitrogens is 2. The highest BCUT2D eigenvalue weighted by Crippen LogP contribution is 2.33. The monoisotopic (exact) mass is 606 g/mol. The van der Waals surface area contributed by atoms with Gasteiger partial charge in [0, 0.05) is 29.1 Å². The van der Waals surface area contributed by atoms with Crippen molar-refractivity contribution in [1.29, 1.82) is 0 Å². The van der Waals surface area contributed by atoms with Crippen LogP contribution >= 0.6 is 23.2 Å². The van der Waals surface area contributed by atoms with Crippen LogP contribution in [-0.4, -0.2) is 42.7 Å². The third-order valence-corrected chi connectivity index (χ3v) is 7.13. The van der Waals surface area contributed by atoms with Crippen LogP contribution < -0.4 is 4.74 Å². The summed E-state index contributed by atoms with van der Waals surface area (Å²) in [4.78, 5) is 31.2. The normalized spacial score (nSPS) is 11.0. The molecule has 9 heteroatoms. The molecule has 0 fully saturated rings. The van der Waals surface area contributed by atoms with Crippen LogP contribution in [0, 0.1) is 0 Å². The second-order valence-corrected chi connectivity index (χ2v) is 10.3. The number of halogens is 2. The van der Waals surface area contributed by atoms with Crippen molar-refractivity contribution in [3.63, 3.8) is 0 Å². The van der Waals surface area contributed by atoms with Crippen LogP contribution in [0.2, 0.25) is 10.0 Å². The van der Waals surface area contributed by atoms with Crippen molar-refractivity contribution < 1.29 is 23.8 Å². The average Bonchev–Trinajstić information content (AvgIpc) is 3.40. The second-order valence-electron chi connectivity index (χ2n) is 9.48. The van der Waals surface area contributed by atoms with Gasteiger partial charge >= 0.3 is 11.9 Å². The summed E-state index contributed by atoms with van der Waals surface area (Å²) in [6.07, 6.45) is 6.35. The Bertz CT molecular complexity index is 1550. The summed E-state index contributed by atoms with van der Waals surface area (Å²) in [7, 11) is 2.77. The van der Waals surface area contributed by atoms with Crippen LogP contribution in [0.15, 0.2) is 66.7 Å². The number of aryl methyl sites for hydroxylation is 1. The third kappa shape index (κ3) is 8.47. The molecule has 1 N–H and O–H groups in total. The van der Waals surface area contributed by atoms with Crippen LogP contribution in [0.4, 0.5) is 0 Å². The van der Waals surface area contributed by atoms with E-state index in [1.165, 1.54) is 14.2 Å². The Hall–Kier alpha value is -4.07. The predicted octanol–water partition coefficient (Wildman–Crippen LogP) is 8.05. The molecule has 0 saturated heterocycles. The summed E-state index contributed by atoms with van der Waals surface area (Å²) in [6.45, 7) is 0.435. The molecule has 3 aromatic carbocycles. The lowest BCUT2D eigenvalue weighted by atomic mass is 9.99. The van der Waals surface area contributed by atoms with E-state index in [0.29, 0.717) is 54.6 Å². The van der Waals surface area contributed by atoms with Gasteiger partial charge in [-0.2, -0.15) is 0 Å². The fraction of sp³-hybridized carbons (Fsp3) is 0.242. The van der Waals surface area contributed by atoms with Gasteiger partial charge in [0.25, 0.3) is 0 Å². The lowest BCUT2D eigenvalue weighted by molar-refractivity contribution is -0.141. The van der Waals surface area contributed by atoms with Crippen LogP contribution in [0.5, 0.6) is 5.75 Å². The zero-order valence-corrected chi connectivity index (χ0v) is 25.0. The number of carbonyl (C=O) groups is 2. The van der Waals surface area contributed by atoms with Gasteiger partial charge in [-0.05, 0) is 72.4 Å². The Morgan fingerprint density at radius 3 is 2.29 bits per heavy atom. The molecule has 0 amide bonds. The van der Waals surface area contributed by atoms with Crippen LogP contribution in [-0.2, 0) is 25.5 Å². The van der Waals surface area contributed by atoms with E-state index in [2.05, 4.69) is 15.8 Å². The minimum Gasteiger partial charge on any atom is -0.494 e. The van der Waals surface area contributed by atoms with Gasteiger partial charge in [-0.25, -0.2) is 4.98 Å². The summed E-state index contributed by atoms with van der Waals surface area (Å²) in [6, 6.07) is 21.3. The smallest absolute Gasteiger partial charge is 0.305 e. The average molecular weight is 608 g/mol. The predicted molar refractivity (Wildman–Crippen MR) is 167 cm³/mol. The number of nitrogens with zero attached hydrogens (tertiary/aromatic N) is 1. The summed E-state index contributed by atoms with van der Waals surface area (Å²) >= 11 is 12.6. The van der Waals surface area contributed by atoms with E-state index in [1.54, 1.807) is 12.1 Å². The molecule has 42 heavy (non-hydrogen) atoms. The molecule has 0 saturated carbocycles. The molecule has 1 heterocycles. The van der Waals surface area contributed by atoms with Gasteiger partial charge in [-0.15, -0.1) is 0 Å². The fourth-order valence-electron chi connectivity index (χ4n) is 4.42. The quantitative estimate of drug-likeness (QED) is 0.122. The number of methoxy groups -OCH3 is 2. The maximum Gasteiger partial charge on any atom is 0.305 e. The maximum absolute atomic E-state index is 11.7. The zero-order valence-electron chi connectivity index (χ0n) is 23.5. The molecule has 0 spiro atoms. The molecule has 4 rings (SSSR count). The molecular weight excluding hydrogens is 575 g/mol. The number of benzene rings is 3. The van der Waals surface area contributed by atoms with E-state index in [9.17, 15) is 9.59 Å². The number of H-pyrrole nitrogens is 1. The number of ether oxygens (including phenoxy) is 3. The van der Waals surface area contributed by atoms with Crippen molar-refractivity contribution in [3.05, 3.63) is 93.9 Å². The molecule has 4 aromatic rings. The van der Waals surface area contributed by atoms with E-state index in [-0.39, 0.29) is 11.9 Å².